The fourth-order valence-electron chi connectivity index (χ4n) is 3.06. The van der Waals surface area contributed by atoms with Crippen molar-refractivity contribution in [3.8, 4) is 27.4 Å². The average Bonchev–Trinajstić information content (AvgIpc) is 3.18. The molecule has 1 aromatic heterocycles. The number of rotatable bonds is 5. The molecule has 0 bridgehead atoms. The van der Waals surface area contributed by atoms with Crippen LogP contribution >= 0.6 is 11.3 Å². The van der Waals surface area contributed by atoms with Gasteiger partial charge in [0.15, 0.2) is 5.13 Å². The molecule has 4 rings (SSSR count). The smallest absolute Gasteiger partial charge is 0.257 e. The van der Waals surface area contributed by atoms with E-state index >= 15 is 0 Å². The summed E-state index contributed by atoms with van der Waals surface area (Å²) in [7, 11) is 1.65. The minimum Gasteiger partial charge on any atom is -0.497 e. The van der Waals surface area contributed by atoms with Crippen LogP contribution in [0.15, 0.2) is 78.9 Å². The number of amides is 1. The molecule has 3 aromatic carbocycles. The molecule has 0 saturated heterocycles. The van der Waals surface area contributed by atoms with Crippen molar-refractivity contribution < 1.29 is 9.53 Å². The van der Waals surface area contributed by atoms with Gasteiger partial charge in [0.2, 0.25) is 0 Å². The number of ether oxygens (including phenoxy) is 1. The van der Waals surface area contributed by atoms with Crippen molar-refractivity contribution in [2.75, 3.05) is 12.4 Å². The van der Waals surface area contributed by atoms with Crippen LogP contribution in [0.3, 0.4) is 0 Å². The number of aromatic nitrogens is 1. The monoisotopic (exact) mass is 400 g/mol. The Morgan fingerprint density at radius 2 is 1.69 bits per heavy atom. The van der Waals surface area contributed by atoms with Gasteiger partial charge in [-0.2, -0.15) is 0 Å². The summed E-state index contributed by atoms with van der Waals surface area (Å²) >= 11 is 1.47. The predicted molar refractivity (Wildman–Crippen MR) is 119 cm³/mol. The predicted octanol–water partition coefficient (Wildman–Crippen LogP) is 6.05. The van der Waals surface area contributed by atoms with Crippen LogP contribution in [0.2, 0.25) is 0 Å². The summed E-state index contributed by atoms with van der Waals surface area (Å²) in [6, 6.07) is 25.4. The second-order valence-corrected chi connectivity index (χ2v) is 7.61. The highest BCUT2D eigenvalue weighted by Crippen LogP contribution is 2.39. The first-order valence-corrected chi connectivity index (χ1v) is 10.0. The molecule has 5 heteroatoms. The lowest BCUT2D eigenvalue weighted by molar-refractivity contribution is 0.102. The largest absolute Gasteiger partial charge is 0.497 e. The van der Waals surface area contributed by atoms with E-state index in [4.69, 9.17) is 9.72 Å². The van der Waals surface area contributed by atoms with Crippen molar-refractivity contribution in [1.29, 1.82) is 0 Å². The standard InChI is InChI=1S/C24H20N2O2S/c1-16-7-6-10-19(15-16)23(27)26-24-25-21(17-11-13-20(28-2)14-12-17)22(29-24)18-8-4-3-5-9-18/h3-15H,1-2H3,(H,25,26,27). The van der Waals surface area contributed by atoms with Crippen LogP contribution in [0.1, 0.15) is 15.9 Å². The molecular weight excluding hydrogens is 380 g/mol. The summed E-state index contributed by atoms with van der Waals surface area (Å²) in [5.74, 6) is 0.626. The molecule has 0 spiro atoms. The molecular formula is C24H20N2O2S. The van der Waals surface area contributed by atoms with Gasteiger partial charge in [0.1, 0.15) is 5.75 Å². The number of benzene rings is 3. The second-order valence-electron chi connectivity index (χ2n) is 6.61. The Morgan fingerprint density at radius 3 is 2.38 bits per heavy atom. The Bertz CT molecular complexity index is 1140. The van der Waals surface area contributed by atoms with Crippen molar-refractivity contribution in [2.45, 2.75) is 6.92 Å². The molecule has 1 heterocycles. The first kappa shape index (κ1) is 18.9. The Balaban J connectivity index is 1.72. The van der Waals surface area contributed by atoms with E-state index in [1.807, 2.05) is 79.7 Å². The number of aryl methyl sites for hydroxylation is 1. The van der Waals surface area contributed by atoms with Gasteiger partial charge in [-0.05, 0) is 48.9 Å². The Hall–Kier alpha value is -3.44. The number of methoxy groups -OCH3 is 1. The number of hydrogen-bond donors (Lipinski definition) is 1. The van der Waals surface area contributed by atoms with Gasteiger partial charge >= 0.3 is 0 Å². The highest BCUT2D eigenvalue weighted by atomic mass is 32.1. The number of anilines is 1. The maximum Gasteiger partial charge on any atom is 0.257 e. The lowest BCUT2D eigenvalue weighted by Crippen LogP contribution is -2.11. The Morgan fingerprint density at radius 1 is 0.931 bits per heavy atom. The van der Waals surface area contributed by atoms with E-state index in [1.54, 1.807) is 13.2 Å². The number of thiazole rings is 1. The van der Waals surface area contributed by atoms with Gasteiger partial charge in [-0.15, -0.1) is 0 Å². The first-order valence-electron chi connectivity index (χ1n) is 9.23. The zero-order chi connectivity index (χ0) is 20.2. The van der Waals surface area contributed by atoms with Crippen molar-refractivity contribution in [2.24, 2.45) is 0 Å². The highest BCUT2D eigenvalue weighted by Gasteiger charge is 2.17. The number of hydrogen-bond acceptors (Lipinski definition) is 4. The van der Waals surface area contributed by atoms with Crippen LogP contribution in [0.25, 0.3) is 21.7 Å². The number of nitrogens with one attached hydrogen (secondary N) is 1. The Kier molecular flexibility index (Phi) is 5.40. The fraction of sp³-hybridized carbons (Fsp3) is 0.0833. The summed E-state index contributed by atoms with van der Waals surface area (Å²) in [6.45, 7) is 1.97. The summed E-state index contributed by atoms with van der Waals surface area (Å²) in [5, 5.41) is 3.52. The molecule has 0 unspecified atom stereocenters. The molecule has 29 heavy (non-hydrogen) atoms. The van der Waals surface area contributed by atoms with Crippen molar-refractivity contribution >= 4 is 22.4 Å². The van der Waals surface area contributed by atoms with Gasteiger partial charge in [0.05, 0.1) is 17.7 Å². The molecule has 0 aliphatic heterocycles. The zero-order valence-electron chi connectivity index (χ0n) is 16.2. The molecule has 0 fully saturated rings. The molecule has 1 N–H and O–H groups in total. The van der Waals surface area contributed by atoms with Crippen LogP contribution < -0.4 is 10.1 Å². The van der Waals surface area contributed by atoms with E-state index in [0.717, 1.165) is 33.0 Å². The third-order valence-corrected chi connectivity index (χ3v) is 5.55. The summed E-state index contributed by atoms with van der Waals surface area (Å²) in [5.41, 5.74) is 4.53. The lowest BCUT2D eigenvalue weighted by Gasteiger charge is -2.04. The third kappa shape index (κ3) is 4.20. The molecule has 0 aliphatic rings. The maximum atomic E-state index is 12.7. The van der Waals surface area contributed by atoms with Gasteiger partial charge in [0.25, 0.3) is 5.91 Å². The highest BCUT2D eigenvalue weighted by molar-refractivity contribution is 7.19. The van der Waals surface area contributed by atoms with Crippen LogP contribution in [0.4, 0.5) is 5.13 Å². The molecule has 4 aromatic rings. The van der Waals surface area contributed by atoms with E-state index in [0.29, 0.717) is 10.7 Å². The molecule has 144 valence electrons. The molecule has 0 atom stereocenters. The van der Waals surface area contributed by atoms with E-state index in [-0.39, 0.29) is 5.91 Å². The quantitative estimate of drug-likeness (QED) is 0.444. The lowest BCUT2D eigenvalue weighted by atomic mass is 10.1. The van der Waals surface area contributed by atoms with Gasteiger partial charge in [0, 0.05) is 11.1 Å². The Labute approximate surface area is 173 Å². The van der Waals surface area contributed by atoms with E-state index < -0.39 is 0 Å². The van der Waals surface area contributed by atoms with Crippen LogP contribution in [-0.2, 0) is 0 Å². The first-order chi connectivity index (χ1) is 14.1. The molecule has 1 amide bonds. The van der Waals surface area contributed by atoms with E-state index in [2.05, 4.69) is 5.32 Å². The van der Waals surface area contributed by atoms with Crippen LogP contribution in [-0.4, -0.2) is 18.0 Å². The normalized spacial score (nSPS) is 10.6. The summed E-state index contributed by atoms with van der Waals surface area (Å²) < 4.78 is 5.26. The zero-order valence-corrected chi connectivity index (χ0v) is 17.0. The molecule has 0 radical (unpaired) electrons. The number of carbonyl (C=O) groups excluding carboxylic acids is 1. The van der Waals surface area contributed by atoms with Gasteiger partial charge in [-0.1, -0.05) is 59.4 Å². The average molecular weight is 401 g/mol. The maximum absolute atomic E-state index is 12.7. The summed E-state index contributed by atoms with van der Waals surface area (Å²) in [6.07, 6.45) is 0. The minimum atomic E-state index is -0.164. The topological polar surface area (TPSA) is 51.2 Å². The molecule has 4 nitrogen and oxygen atoms in total. The van der Waals surface area contributed by atoms with Crippen LogP contribution in [0.5, 0.6) is 5.75 Å². The SMILES string of the molecule is COc1ccc(-c2nc(NC(=O)c3cccc(C)c3)sc2-c2ccccc2)cc1. The van der Waals surface area contributed by atoms with E-state index in [1.165, 1.54) is 11.3 Å². The minimum absolute atomic E-state index is 0.164. The van der Waals surface area contributed by atoms with Crippen molar-refractivity contribution in [3.05, 3.63) is 90.0 Å². The summed E-state index contributed by atoms with van der Waals surface area (Å²) in [4.78, 5) is 18.4. The van der Waals surface area contributed by atoms with Crippen molar-refractivity contribution in [3.63, 3.8) is 0 Å². The second kappa shape index (κ2) is 8.29. The van der Waals surface area contributed by atoms with Gasteiger partial charge in [-0.25, -0.2) is 4.98 Å². The third-order valence-electron chi connectivity index (χ3n) is 4.53. The van der Waals surface area contributed by atoms with Gasteiger partial charge < -0.3 is 4.74 Å². The fourth-order valence-corrected chi connectivity index (χ4v) is 4.05. The molecule has 0 aliphatic carbocycles. The van der Waals surface area contributed by atoms with Crippen LogP contribution in [0, 0.1) is 6.92 Å². The van der Waals surface area contributed by atoms with E-state index in [9.17, 15) is 4.79 Å². The van der Waals surface area contributed by atoms with Crippen molar-refractivity contribution in [1.82, 2.24) is 4.98 Å². The van der Waals surface area contributed by atoms with Gasteiger partial charge in [-0.3, -0.25) is 10.1 Å². The number of carbonyl (C=O) groups is 1. The number of nitrogens with zero attached hydrogens (tertiary/aromatic N) is 1. The molecule has 0 saturated carbocycles.